The molecule has 1 N–H and O–H groups in total. The molecule has 2 rings (SSSR count). The molecule has 3 nitrogen and oxygen atoms in total. The minimum absolute atomic E-state index is 0.0728. The van der Waals surface area contributed by atoms with E-state index in [0.717, 1.165) is 6.42 Å². The zero-order valence-corrected chi connectivity index (χ0v) is 10.9. The maximum atomic E-state index is 11.8. The van der Waals surface area contributed by atoms with Gasteiger partial charge in [-0.3, -0.25) is 9.69 Å². The number of aryl methyl sites for hydroxylation is 1. The molecule has 1 saturated heterocycles. The summed E-state index contributed by atoms with van der Waals surface area (Å²) < 4.78 is 0. The van der Waals surface area contributed by atoms with Crippen molar-refractivity contribution in [2.75, 3.05) is 6.54 Å². The Morgan fingerprint density at radius 2 is 2.12 bits per heavy atom. The fourth-order valence-electron chi connectivity index (χ4n) is 1.99. The lowest BCUT2D eigenvalue weighted by Gasteiger charge is -2.15. The first-order valence-electron chi connectivity index (χ1n) is 5.76. The van der Waals surface area contributed by atoms with Crippen molar-refractivity contribution in [3.63, 3.8) is 0 Å². The average Bonchev–Trinajstić information content (AvgIpc) is 2.53. The van der Waals surface area contributed by atoms with Gasteiger partial charge in [-0.1, -0.05) is 24.3 Å². The molecule has 1 aliphatic heterocycles. The Morgan fingerprint density at radius 3 is 2.71 bits per heavy atom. The molecule has 1 aliphatic rings. The summed E-state index contributed by atoms with van der Waals surface area (Å²) in [6, 6.07) is 8.04. The highest BCUT2D eigenvalue weighted by Gasteiger charge is 2.31. The predicted octanol–water partition coefficient (Wildman–Crippen LogP) is 1.64. The second kappa shape index (κ2) is 4.84. The summed E-state index contributed by atoms with van der Waals surface area (Å²) in [6.45, 7) is 4.57. The normalized spacial score (nSPS) is 19.6. The summed E-state index contributed by atoms with van der Waals surface area (Å²) in [5.74, 6) is 0.0728. The first-order chi connectivity index (χ1) is 8.09. The molecular weight excluding hydrogens is 232 g/mol. The van der Waals surface area contributed by atoms with E-state index in [1.165, 1.54) is 11.1 Å². The number of nitrogens with one attached hydrogen (secondary N) is 1. The summed E-state index contributed by atoms with van der Waals surface area (Å²) in [6.07, 6.45) is 0.840. The van der Waals surface area contributed by atoms with Crippen LogP contribution in [-0.4, -0.2) is 28.5 Å². The lowest BCUT2D eigenvalue weighted by Crippen LogP contribution is -2.33. The van der Waals surface area contributed by atoms with Gasteiger partial charge in [0.15, 0.2) is 5.11 Å². The number of thiocarbonyl (C=S) groups is 1. The Bertz CT molecular complexity index is 458. The van der Waals surface area contributed by atoms with Crippen molar-refractivity contribution in [3.8, 4) is 0 Å². The lowest BCUT2D eigenvalue weighted by molar-refractivity contribution is -0.126. The van der Waals surface area contributed by atoms with Crippen molar-refractivity contribution >= 4 is 23.2 Å². The van der Waals surface area contributed by atoms with E-state index in [9.17, 15) is 4.79 Å². The Balaban J connectivity index is 2.02. The van der Waals surface area contributed by atoms with Crippen LogP contribution in [0.5, 0.6) is 0 Å². The zero-order valence-electron chi connectivity index (χ0n) is 10.1. The molecule has 0 bridgehead atoms. The van der Waals surface area contributed by atoms with Gasteiger partial charge in [0.05, 0.1) is 0 Å². The maximum absolute atomic E-state index is 11.8. The molecule has 0 saturated carbocycles. The molecule has 1 atom stereocenters. The summed E-state index contributed by atoms with van der Waals surface area (Å²) in [7, 11) is 0. The summed E-state index contributed by atoms with van der Waals surface area (Å²) >= 11 is 5.14. The fourth-order valence-corrected chi connectivity index (χ4v) is 2.35. The summed E-state index contributed by atoms with van der Waals surface area (Å²) in [5.41, 5.74) is 2.52. The van der Waals surface area contributed by atoms with E-state index >= 15 is 0 Å². The molecule has 4 heteroatoms. The van der Waals surface area contributed by atoms with Crippen molar-refractivity contribution in [3.05, 3.63) is 35.4 Å². The van der Waals surface area contributed by atoms with Gasteiger partial charge in [-0.15, -0.1) is 0 Å². The van der Waals surface area contributed by atoms with Crippen LogP contribution >= 0.6 is 12.2 Å². The Labute approximate surface area is 107 Å². The van der Waals surface area contributed by atoms with E-state index in [-0.39, 0.29) is 11.9 Å². The smallest absolute Gasteiger partial charge is 0.251 e. The third-order valence-corrected chi connectivity index (χ3v) is 3.43. The minimum atomic E-state index is -0.181. The van der Waals surface area contributed by atoms with E-state index < -0.39 is 0 Å². The van der Waals surface area contributed by atoms with Crippen molar-refractivity contribution in [2.24, 2.45) is 0 Å². The van der Waals surface area contributed by atoms with Crippen LogP contribution < -0.4 is 5.32 Å². The van der Waals surface area contributed by atoms with Crippen molar-refractivity contribution in [1.29, 1.82) is 0 Å². The molecular formula is C13H16N2OS. The van der Waals surface area contributed by atoms with E-state index in [2.05, 4.69) is 24.4 Å². The van der Waals surface area contributed by atoms with Crippen molar-refractivity contribution in [2.45, 2.75) is 26.3 Å². The number of rotatable bonds is 3. The van der Waals surface area contributed by atoms with Crippen LogP contribution in [0, 0.1) is 6.92 Å². The molecule has 1 unspecified atom stereocenters. The van der Waals surface area contributed by atoms with Gasteiger partial charge in [-0.2, -0.15) is 0 Å². The SMILES string of the molecule is Cc1ccccc1CCN1C(=O)C(C)NC1=S. The number of hydrogen-bond acceptors (Lipinski definition) is 2. The topological polar surface area (TPSA) is 32.3 Å². The Kier molecular flexibility index (Phi) is 3.43. The Morgan fingerprint density at radius 1 is 1.41 bits per heavy atom. The molecule has 1 aromatic carbocycles. The van der Waals surface area contributed by atoms with E-state index in [1.807, 2.05) is 19.1 Å². The molecule has 0 aliphatic carbocycles. The van der Waals surface area contributed by atoms with Crippen LogP contribution in [0.25, 0.3) is 0 Å². The van der Waals surface area contributed by atoms with Gasteiger partial charge in [-0.25, -0.2) is 0 Å². The highest BCUT2D eigenvalue weighted by Crippen LogP contribution is 2.11. The van der Waals surface area contributed by atoms with Crippen LogP contribution in [0.15, 0.2) is 24.3 Å². The molecule has 1 aromatic rings. The molecule has 90 valence electrons. The molecule has 1 amide bonds. The highest BCUT2D eigenvalue weighted by molar-refractivity contribution is 7.80. The molecule has 17 heavy (non-hydrogen) atoms. The maximum Gasteiger partial charge on any atom is 0.251 e. The number of amides is 1. The third-order valence-electron chi connectivity index (χ3n) is 3.09. The molecule has 0 radical (unpaired) electrons. The van der Waals surface area contributed by atoms with Gasteiger partial charge in [0.25, 0.3) is 5.91 Å². The van der Waals surface area contributed by atoms with Gasteiger partial charge in [0, 0.05) is 6.54 Å². The Hall–Kier alpha value is -1.42. The first-order valence-corrected chi connectivity index (χ1v) is 6.17. The number of carbonyl (C=O) groups is 1. The number of benzene rings is 1. The summed E-state index contributed by atoms with van der Waals surface area (Å²) in [4.78, 5) is 13.5. The third kappa shape index (κ3) is 2.47. The molecule has 1 fully saturated rings. The molecule has 0 spiro atoms. The largest absolute Gasteiger partial charge is 0.351 e. The van der Waals surface area contributed by atoms with Crippen LogP contribution in [0.2, 0.25) is 0 Å². The van der Waals surface area contributed by atoms with E-state index in [1.54, 1.807) is 4.90 Å². The van der Waals surface area contributed by atoms with Crippen LogP contribution in [0.4, 0.5) is 0 Å². The van der Waals surface area contributed by atoms with E-state index in [4.69, 9.17) is 12.2 Å². The van der Waals surface area contributed by atoms with Crippen LogP contribution in [-0.2, 0) is 11.2 Å². The van der Waals surface area contributed by atoms with Crippen molar-refractivity contribution in [1.82, 2.24) is 10.2 Å². The quantitative estimate of drug-likeness (QED) is 0.825. The molecule has 0 aromatic heterocycles. The minimum Gasteiger partial charge on any atom is -0.351 e. The van der Waals surface area contributed by atoms with Gasteiger partial charge in [0.1, 0.15) is 6.04 Å². The van der Waals surface area contributed by atoms with E-state index in [0.29, 0.717) is 11.7 Å². The van der Waals surface area contributed by atoms with Gasteiger partial charge < -0.3 is 5.32 Å². The average molecular weight is 248 g/mol. The van der Waals surface area contributed by atoms with Crippen LogP contribution in [0.3, 0.4) is 0 Å². The summed E-state index contributed by atoms with van der Waals surface area (Å²) in [5, 5.41) is 3.53. The second-order valence-corrected chi connectivity index (χ2v) is 4.72. The van der Waals surface area contributed by atoms with Crippen LogP contribution in [0.1, 0.15) is 18.1 Å². The standard InChI is InChI=1S/C13H16N2OS/c1-9-5-3-4-6-11(9)7-8-15-12(16)10(2)14-13(15)17/h3-6,10H,7-8H2,1-2H3,(H,14,17). The highest BCUT2D eigenvalue weighted by atomic mass is 32.1. The zero-order chi connectivity index (χ0) is 12.4. The first kappa shape index (κ1) is 12.0. The van der Waals surface area contributed by atoms with Gasteiger partial charge in [0.2, 0.25) is 0 Å². The number of carbonyl (C=O) groups excluding carboxylic acids is 1. The van der Waals surface area contributed by atoms with Crippen molar-refractivity contribution < 1.29 is 4.79 Å². The number of hydrogen-bond donors (Lipinski definition) is 1. The fraction of sp³-hybridized carbons (Fsp3) is 0.385. The van der Waals surface area contributed by atoms with Gasteiger partial charge >= 0.3 is 0 Å². The molecule has 1 heterocycles. The number of nitrogens with zero attached hydrogens (tertiary/aromatic N) is 1. The predicted molar refractivity (Wildman–Crippen MR) is 71.8 cm³/mol. The monoisotopic (exact) mass is 248 g/mol. The second-order valence-electron chi connectivity index (χ2n) is 4.34. The lowest BCUT2D eigenvalue weighted by atomic mass is 10.1. The van der Waals surface area contributed by atoms with Gasteiger partial charge in [-0.05, 0) is 43.6 Å².